The van der Waals surface area contributed by atoms with E-state index < -0.39 is 11.5 Å². The molecule has 0 spiro atoms. The number of hydrogen-bond donors (Lipinski definition) is 1. The quantitative estimate of drug-likeness (QED) is 0.619. The van der Waals surface area contributed by atoms with Gasteiger partial charge in [0.15, 0.2) is 0 Å². The van der Waals surface area contributed by atoms with Crippen LogP contribution in [0.3, 0.4) is 0 Å². The van der Waals surface area contributed by atoms with Gasteiger partial charge < -0.3 is 9.84 Å². The molecule has 0 saturated heterocycles. The molecule has 1 N–H and O–H groups in total. The molecule has 2 aliphatic rings. The van der Waals surface area contributed by atoms with E-state index in [9.17, 15) is 9.90 Å². The molecule has 2 fully saturated rings. The summed E-state index contributed by atoms with van der Waals surface area (Å²) in [5.74, 6) is -0.377. The molecule has 0 unspecified atom stereocenters. The Balaban J connectivity index is 2.30. The predicted octanol–water partition coefficient (Wildman–Crippen LogP) is 3.88. The summed E-state index contributed by atoms with van der Waals surface area (Å²) in [6, 6.07) is 0. The summed E-state index contributed by atoms with van der Waals surface area (Å²) in [6.07, 6.45) is 7.04. The second kappa shape index (κ2) is 6.19. The van der Waals surface area contributed by atoms with Crippen LogP contribution >= 0.6 is 0 Å². The second-order valence-electron chi connectivity index (χ2n) is 7.90. The van der Waals surface area contributed by atoms with Gasteiger partial charge >= 0.3 is 5.97 Å². The predicted molar refractivity (Wildman–Crippen MR) is 88.3 cm³/mol. The van der Waals surface area contributed by atoms with Crippen molar-refractivity contribution in [2.45, 2.75) is 58.5 Å². The van der Waals surface area contributed by atoms with Gasteiger partial charge in [0.25, 0.3) is 0 Å². The van der Waals surface area contributed by atoms with Gasteiger partial charge in [-0.2, -0.15) is 0 Å². The number of allylic oxidation sites excluding steroid dienone is 1. The fourth-order valence-corrected chi connectivity index (χ4v) is 4.86. The lowest BCUT2D eigenvalue weighted by atomic mass is 9.62. The molecule has 0 amide bonds. The molecule has 3 heteroatoms. The average molecular weight is 306 g/mol. The highest BCUT2D eigenvalue weighted by Crippen LogP contribution is 2.59. The molecule has 124 valence electrons. The Kier molecular flexibility index (Phi) is 4.86. The third kappa shape index (κ3) is 3.15. The number of carbonyl (C=O) groups excluding carboxylic acids is 1. The van der Waals surface area contributed by atoms with Gasteiger partial charge in [-0.25, -0.2) is 0 Å². The molecular weight excluding hydrogens is 276 g/mol. The minimum absolute atomic E-state index is 0.120. The van der Waals surface area contributed by atoms with E-state index in [1.165, 1.54) is 18.4 Å². The molecule has 2 saturated carbocycles. The van der Waals surface area contributed by atoms with Crippen LogP contribution in [-0.2, 0) is 9.53 Å². The summed E-state index contributed by atoms with van der Waals surface area (Å²) < 4.78 is 5.29. The van der Waals surface area contributed by atoms with Crippen LogP contribution in [-0.4, -0.2) is 23.3 Å². The fraction of sp³-hybridized carbons (Fsp3) is 0.737. The highest BCUT2D eigenvalue weighted by atomic mass is 16.5. The van der Waals surface area contributed by atoms with E-state index in [-0.39, 0.29) is 23.9 Å². The summed E-state index contributed by atoms with van der Waals surface area (Å²) in [5, 5.41) is 10.6. The molecule has 0 bridgehead atoms. The molecule has 2 rings (SSSR count). The fourth-order valence-electron chi connectivity index (χ4n) is 4.86. The maximum atomic E-state index is 12.6. The lowest BCUT2D eigenvalue weighted by molar-refractivity contribution is -0.160. The van der Waals surface area contributed by atoms with Crippen molar-refractivity contribution in [1.82, 2.24) is 0 Å². The summed E-state index contributed by atoms with van der Waals surface area (Å²) >= 11 is 0. The van der Waals surface area contributed by atoms with E-state index in [2.05, 4.69) is 20.1 Å². The molecule has 0 heterocycles. The number of aliphatic hydroxyl groups is 1. The molecule has 0 aromatic rings. The van der Waals surface area contributed by atoms with Gasteiger partial charge in [0, 0.05) is 0 Å². The normalized spacial score (nSPS) is 33.2. The van der Waals surface area contributed by atoms with E-state index in [0.717, 1.165) is 19.3 Å². The number of carbonyl (C=O) groups is 1. The zero-order valence-electron chi connectivity index (χ0n) is 14.2. The largest absolute Gasteiger partial charge is 0.461 e. The lowest BCUT2D eigenvalue weighted by Crippen LogP contribution is -2.46. The van der Waals surface area contributed by atoms with Crippen LogP contribution in [0.25, 0.3) is 0 Å². The minimum atomic E-state index is -1.09. The van der Waals surface area contributed by atoms with Crippen molar-refractivity contribution >= 4 is 5.97 Å². The third-order valence-corrected chi connectivity index (χ3v) is 5.70. The van der Waals surface area contributed by atoms with Crippen molar-refractivity contribution in [3.05, 3.63) is 24.8 Å². The Labute approximate surface area is 134 Å². The van der Waals surface area contributed by atoms with Gasteiger partial charge in [0.1, 0.15) is 6.61 Å². The Morgan fingerprint density at radius 2 is 2.23 bits per heavy atom. The highest BCUT2D eigenvalue weighted by molar-refractivity contribution is 5.74. The molecule has 0 aromatic heterocycles. The highest BCUT2D eigenvalue weighted by Gasteiger charge is 2.54. The van der Waals surface area contributed by atoms with Crippen molar-refractivity contribution < 1.29 is 14.6 Å². The van der Waals surface area contributed by atoms with Crippen molar-refractivity contribution in [3.63, 3.8) is 0 Å². The molecule has 0 aliphatic heterocycles. The number of rotatable bonds is 5. The number of esters is 1. The summed E-state index contributed by atoms with van der Waals surface area (Å²) in [4.78, 5) is 12.6. The van der Waals surface area contributed by atoms with E-state index in [1.807, 2.05) is 0 Å². The minimum Gasteiger partial charge on any atom is -0.461 e. The summed E-state index contributed by atoms with van der Waals surface area (Å²) in [7, 11) is 0. The zero-order chi connectivity index (χ0) is 16.5. The summed E-state index contributed by atoms with van der Waals surface area (Å²) in [5.41, 5.74) is 0.385. The van der Waals surface area contributed by atoms with Gasteiger partial charge in [-0.1, -0.05) is 31.7 Å². The lowest BCUT2D eigenvalue weighted by Gasteiger charge is -2.43. The number of fused-ring (bicyclic) bond motifs is 1. The number of ether oxygens (including phenoxy) is 1. The van der Waals surface area contributed by atoms with Gasteiger partial charge in [0.2, 0.25) is 0 Å². The van der Waals surface area contributed by atoms with Gasteiger partial charge in [-0.15, -0.1) is 0 Å². The van der Waals surface area contributed by atoms with Crippen LogP contribution < -0.4 is 0 Å². The molecule has 0 aromatic carbocycles. The molecule has 22 heavy (non-hydrogen) atoms. The first-order chi connectivity index (χ1) is 10.2. The summed E-state index contributed by atoms with van der Waals surface area (Å²) in [6.45, 7) is 13.8. The van der Waals surface area contributed by atoms with Crippen molar-refractivity contribution in [2.24, 2.45) is 23.2 Å². The maximum Gasteiger partial charge on any atom is 0.312 e. The van der Waals surface area contributed by atoms with Crippen LogP contribution in [0.1, 0.15) is 52.9 Å². The zero-order valence-corrected chi connectivity index (χ0v) is 14.2. The van der Waals surface area contributed by atoms with Crippen LogP contribution in [0, 0.1) is 23.2 Å². The van der Waals surface area contributed by atoms with Crippen molar-refractivity contribution in [1.29, 1.82) is 0 Å². The molecular formula is C19H30O3. The molecule has 3 nitrogen and oxygen atoms in total. The van der Waals surface area contributed by atoms with Crippen molar-refractivity contribution in [3.8, 4) is 0 Å². The number of hydrogen-bond acceptors (Lipinski definition) is 3. The van der Waals surface area contributed by atoms with Crippen LogP contribution in [0.15, 0.2) is 24.8 Å². The molecule has 2 aliphatic carbocycles. The van der Waals surface area contributed by atoms with Crippen LogP contribution in [0.4, 0.5) is 0 Å². The van der Waals surface area contributed by atoms with E-state index in [0.29, 0.717) is 5.92 Å². The van der Waals surface area contributed by atoms with Gasteiger partial charge in [-0.3, -0.25) is 4.79 Å². The first-order valence-electron chi connectivity index (χ1n) is 8.38. The standard InChI is InChI=1S/C19H30O3/c1-6-12-22-17(20)16(18(3,4)21)14-9-11-19(5)10-7-8-13(2)15(14)19/h6,14-16,21H,1-2,7-12H2,3-5H3/t14-,15+,16-,19-/m0/s1. The van der Waals surface area contributed by atoms with E-state index in [1.54, 1.807) is 19.9 Å². The first kappa shape index (κ1) is 17.3. The average Bonchev–Trinajstić information content (AvgIpc) is 2.74. The van der Waals surface area contributed by atoms with Crippen LogP contribution in [0.5, 0.6) is 0 Å². The molecule has 0 radical (unpaired) electrons. The Morgan fingerprint density at radius 1 is 1.55 bits per heavy atom. The molecule has 4 atom stereocenters. The Morgan fingerprint density at radius 3 is 2.82 bits per heavy atom. The first-order valence-corrected chi connectivity index (χ1v) is 8.38. The van der Waals surface area contributed by atoms with Crippen molar-refractivity contribution in [2.75, 3.05) is 6.61 Å². The SMILES string of the molecule is C=CCOC(=O)[C@H]([C@H]1CC[C@]2(C)CCCC(=C)[C@H]12)C(C)(C)O. The third-order valence-electron chi connectivity index (χ3n) is 5.70. The van der Waals surface area contributed by atoms with E-state index in [4.69, 9.17) is 4.74 Å². The smallest absolute Gasteiger partial charge is 0.312 e. The monoisotopic (exact) mass is 306 g/mol. The maximum absolute atomic E-state index is 12.6. The second-order valence-corrected chi connectivity index (χ2v) is 7.90. The van der Waals surface area contributed by atoms with Gasteiger partial charge in [0.05, 0.1) is 11.5 Å². The Hall–Kier alpha value is -1.09. The Bertz CT molecular complexity index is 460. The van der Waals surface area contributed by atoms with Crippen LogP contribution in [0.2, 0.25) is 0 Å². The topological polar surface area (TPSA) is 46.5 Å². The van der Waals surface area contributed by atoms with Gasteiger partial charge in [-0.05, 0) is 63.2 Å². The van der Waals surface area contributed by atoms with E-state index >= 15 is 0 Å².